The maximum Gasteiger partial charge on any atom is 0.224 e. The van der Waals surface area contributed by atoms with Crippen LogP contribution in [0.1, 0.15) is 37.8 Å². The van der Waals surface area contributed by atoms with Gasteiger partial charge < -0.3 is 4.90 Å². The zero-order valence-corrected chi connectivity index (χ0v) is 16.0. The van der Waals surface area contributed by atoms with Crippen molar-refractivity contribution in [2.24, 2.45) is 5.41 Å². The van der Waals surface area contributed by atoms with Crippen LogP contribution in [0.4, 0.5) is 0 Å². The van der Waals surface area contributed by atoms with Gasteiger partial charge in [0.25, 0.3) is 0 Å². The predicted molar refractivity (Wildman–Crippen MR) is 104 cm³/mol. The van der Waals surface area contributed by atoms with Crippen LogP contribution in [0.25, 0.3) is 0 Å². The fourth-order valence-electron chi connectivity index (χ4n) is 4.72. The molecule has 4 rings (SSSR count). The van der Waals surface area contributed by atoms with Crippen LogP contribution in [0, 0.1) is 5.41 Å². The molecule has 2 saturated heterocycles. The maximum absolute atomic E-state index is 12.8. The lowest BCUT2D eigenvalue weighted by Gasteiger charge is -2.48. The molecule has 6 nitrogen and oxygen atoms in total. The molecule has 0 radical (unpaired) electrons. The molecule has 0 aromatic carbocycles. The lowest BCUT2D eigenvalue weighted by Crippen LogP contribution is -2.53. The molecule has 1 atom stereocenters. The van der Waals surface area contributed by atoms with Gasteiger partial charge in [-0.1, -0.05) is 6.07 Å². The first-order valence-corrected chi connectivity index (χ1v) is 10.1. The summed E-state index contributed by atoms with van der Waals surface area (Å²) in [4.78, 5) is 21.9. The van der Waals surface area contributed by atoms with Gasteiger partial charge in [0.15, 0.2) is 0 Å². The summed E-state index contributed by atoms with van der Waals surface area (Å²) >= 11 is 0. The highest BCUT2D eigenvalue weighted by atomic mass is 16.2. The molecule has 1 amide bonds. The molecule has 2 aromatic rings. The zero-order valence-electron chi connectivity index (χ0n) is 16.0. The van der Waals surface area contributed by atoms with Crippen molar-refractivity contribution in [2.45, 2.75) is 45.2 Å². The van der Waals surface area contributed by atoms with E-state index in [9.17, 15) is 4.79 Å². The summed E-state index contributed by atoms with van der Waals surface area (Å²) in [6.45, 7) is 5.60. The van der Waals surface area contributed by atoms with Crippen LogP contribution >= 0.6 is 0 Å². The average molecular weight is 367 g/mol. The summed E-state index contributed by atoms with van der Waals surface area (Å²) in [7, 11) is 0. The van der Waals surface area contributed by atoms with E-state index in [-0.39, 0.29) is 11.3 Å². The Bertz CT molecular complexity index is 728. The molecule has 1 spiro atoms. The van der Waals surface area contributed by atoms with Crippen LogP contribution in [0.2, 0.25) is 0 Å². The van der Waals surface area contributed by atoms with Crippen molar-refractivity contribution in [1.82, 2.24) is 24.6 Å². The minimum absolute atomic E-state index is 0.257. The normalized spacial score (nSPS) is 23.6. The molecule has 27 heavy (non-hydrogen) atoms. The van der Waals surface area contributed by atoms with Gasteiger partial charge >= 0.3 is 0 Å². The summed E-state index contributed by atoms with van der Waals surface area (Å²) < 4.78 is 1.84. The summed E-state index contributed by atoms with van der Waals surface area (Å²) in [5.74, 6) is 0.270. The molecule has 2 fully saturated rings. The number of hydrogen-bond donors (Lipinski definition) is 0. The van der Waals surface area contributed by atoms with Gasteiger partial charge in [-0.15, -0.1) is 0 Å². The lowest BCUT2D eigenvalue weighted by atomic mass is 9.73. The van der Waals surface area contributed by atoms with E-state index in [1.54, 1.807) is 6.20 Å². The van der Waals surface area contributed by atoms with E-state index in [1.807, 2.05) is 29.2 Å². The van der Waals surface area contributed by atoms with Crippen LogP contribution in [0.3, 0.4) is 0 Å². The van der Waals surface area contributed by atoms with E-state index in [1.165, 1.54) is 19.3 Å². The van der Waals surface area contributed by atoms with Gasteiger partial charge in [0.1, 0.15) is 0 Å². The molecule has 2 aliphatic rings. The SMILES string of the molecule is O=C(CCn1cccn1)N1CCCC2(CCCN(Cc3ccccn3)C2)C1. The molecule has 2 aromatic heterocycles. The third-order valence-corrected chi connectivity index (χ3v) is 5.98. The average Bonchev–Trinajstić information content (AvgIpc) is 3.21. The highest BCUT2D eigenvalue weighted by Gasteiger charge is 2.40. The summed E-state index contributed by atoms with van der Waals surface area (Å²) in [5.41, 5.74) is 1.39. The van der Waals surface area contributed by atoms with Crippen molar-refractivity contribution in [3.05, 3.63) is 48.5 Å². The predicted octanol–water partition coefficient (Wildman–Crippen LogP) is 2.57. The van der Waals surface area contributed by atoms with E-state index >= 15 is 0 Å². The van der Waals surface area contributed by atoms with Crippen LogP contribution in [0.15, 0.2) is 42.9 Å². The number of aryl methyl sites for hydroxylation is 1. The highest BCUT2D eigenvalue weighted by molar-refractivity contribution is 5.76. The molecule has 0 aliphatic carbocycles. The van der Waals surface area contributed by atoms with Crippen LogP contribution < -0.4 is 0 Å². The fraction of sp³-hybridized carbons (Fsp3) is 0.571. The fourth-order valence-corrected chi connectivity index (χ4v) is 4.72. The van der Waals surface area contributed by atoms with E-state index in [4.69, 9.17) is 0 Å². The number of rotatable bonds is 5. The van der Waals surface area contributed by atoms with Gasteiger partial charge in [0.05, 0.1) is 5.69 Å². The molecule has 2 aliphatic heterocycles. The second-order valence-electron chi connectivity index (χ2n) is 8.07. The summed E-state index contributed by atoms with van der Waals surface area (Å²) in [6.07, 6.45) is 10.9. The number of piperidine rings is 2. The second kappa shape index (κ2) is 8.21. The number of carbonyl (C=O) groups is 1. The third kappa shape index (κ3) is 4.56. The van der Waals surface area contributed by atoms with Crippen LogP contribution in [-0.2, 0) is 17.9 Å². The third-order valence-electron chi connectivity index (χ3n) is 5.98. The van der Waals surface area contributed by atoms with Crippen molar-refractivity contribution in [2.75, 3.05) is 26.2 Å². The minimum Gasteiger partial charge on any atom is -0.342 e. The number of aromatic nitrogens is 3. The van der Waals surface area contributed by atoms with Gasteiger partial charge in [0.2, 0.25) is 5.91 Å². The Morgan fingerprint density at radius 1 is 1.07 bits per heavy atom. The molecule has 144 valence electrons. The first kappa shape index (κ1) is 18.2. The van der Waals surface area contributed by atoms with Crippen molar-refractivity contribution < 1.29 is 4.79 Å². The molecule has 1 unspecified atom stereocenters. The first-order valence-electron chi connectivity index (χ1n) is 10.1. The van der Waals surface area contributed by atoms with Crippen LogP contribution in [-0.4, -0.2) is 56.7 Å². The molecular weight excluding hydrogens is 338 g/mol. The van der Waals surface area contributed by atoms with Gasteiger partial charge in [-0.3, -0.25) is 19.4 Å². The zero-order chi connectivity index (χ0) is 18.5. The van der Waals surface area contributed by atoms with E-state index in [0.717, 1.165) is 44.8 Å². The topological polar surface area (TPSA) is 54.3 Å². The monoisotopic (exact) mass is 367 g/mol. The van der Waals surface area contributed by atoms with Crippen LogP contribution in [0.5, 0.6) is 0 Å². The van der Waals surface area contributed by atoms with Crippen molar-refractivity contribution in [3.8, 4) is 0 Å². The first-order chi connectivity index (χ1) is 13.2. The number of amides is 1. The quantitative estimate of drug-likeness (QED) is 0.815. The Labute approximate surface area is 161 Å². The second-order valence-corrected chi connectivity index (χ2v) is 8.07. The summed E-state index contributed by atoms with van der Waals surface area (Å²) in [6, 6.07) is 8.03. The Hall–Kier alpha value is -2.21. The molecule has 4 heterocycles. The molecule has 6 heteroatoms. The number of nitrogens with zero attached hydrogens (tertiary/aromatic N) is 5. The largest absolute Gasteiger partial charge is 0.342 e. The number of hydrogen-bond acceptors (Lipinski definition) is 4. The highest BCUT2D eigenvalue weighted by Crippen LogP contribution is 2.39. The summed E-state index contributed by atoms with van der Waals surface area (Å²) in [5, 5.41) is 4.20. The number of pyridine rings is 1. The lowest BCUT2D eigenvalue weighted by molar-refractivity contribution is -0.136. The minimum atomic E-state index is 0.257. The smallest absolute Gasteiger partial charge is 0.224 e. The molecule has 0 N–H and O–H groups in total. The van der Waals surface area contributed by atoms with Gasteiger partial charge in [0, 0.05) is 63.2 Å². The van der Waals surface area contributed by atoms with Gasteiger partial charge in [-0.05, 0) is 50.4 Å². The van der Waals surface area contributed by atoms with E-state index in [2.05, 4.69) is 32.0 Å². The van der Waals surface area contributed by atoms with Gasteiger partial charge in [-0.2, -0.15) is 5.10 Å². The van der Waals surface area contributed by atoms with Crippen molar-refractivity contribution in [3.63, 3.8) is 0 Å². The molecule has 0 bridgehead atoms. The maximum atomic E-state index is 12.8. The van der Waals surface area contributed by atoms with Crippen molar-refractivity contribution >= 4 is 5.91 Å². The van der Waals surface area contributed by atoms with E-state index in [0.29, 0.717) is 13.0 Å². The Morgan fingerprint density at radius 3 is 2.74 bits per heavy atom. The standard InChI is InChI=1S/C21H29N5O/c27-20(7-15-26-14-5-11-23-26)25-13-4-9-21(18-25)8-3-12-24(17-21)16-19-6-1-2-10-22-19/h1-2,5-6,10-11,14H,3-4,7-9,12-13,15-18H2. The number of likely N-dealkylation sites (tertiary alicyclic amines) is 2. The van der Waals surface area contributed by atoms with Crippen molar-refractivity contribution in [1.29, 1.82) is 0 Å². The Kier molecular flexibility index (Phi) is 5.53. The molecule has 0 saturated carbocycles. The van der Waals surface area contributed by atoms with Gasteiger partial charge in [-0.25, -0.2) is 0 Å². The van der Waals surface area contributed by atoms with E-state index < -0.39 is 0 Å². The Morgan fingerprint density at radius 2 is 1.96 bits per heavy atom. The molecular formula is C21H29N5O. The Balaban J connectivity index is 1.35. The number of carbonyl (C=O) groups excluding carboxylic acids is 1.